The standard InChI is InChI=1S/C15H27N3O/c16-12-5-3-4-11(10-12)15(19)17-13-7-9-18-8-2-1-6-14(13)18/h11-14H,1-10,16H2,(H,17,19). The normalized spacial score (nSPS) is 39.8. The summed E-state index contributed by atoms with van der Waals surface area (Å²) in [5, 5.41) is 3.33. The van der Waals surface area contributed by atoms with Crippen LogP contribution in [0.1, 0.15) is 51.4 Å². The predicted octanol–water partition coefficient (Wildman–Crippen LogP) is 1.25. The first-order valence-electron chi connectivity index (χ1n) is 8.04. The zero-order valence-corrected chi connectivity index (χ0v) is 11.8. The third-order valence-corrected chi connectivity index (χ3v) is 5.27. The van der Waals surface area contributed by atoms with Crippen LogP contribution in [0.15, 0.2) is 0 Å². The number of nitrogens with two attached hydrogens (primary N) is 1. The summed E-state index contributed by atoms with van der Waals surface area (Å²) < 4.78 is 0. The molecule has 4 nitrogen and oxygen atoms in total. The first-order valence-corrected chi connectivity index (χ1v) is 8.04. The molecule has 1 amide bonds. The molecule has 2 saturated heterocycles. The number of amides is 1. The van der Waals surface area contributed by atoms with E-state index in [2.05, 4.69) is 10.2 Å². The molecule has 1 aliphatic carbocycles. The van der Waals surface area contributed by atoms with Crippen molar-refractivity contribution >= 4 is 5.91 Å². The lowest BCUT2D eigenvalue weighted by Crippen LogP contribution is -2.49. The van der Waals surface area contributed by atoms with Crippen LogP contribution >= 0.6 is 0 Å². The Morgan fingerprint density at radius 1 is 1.05 bits per heavy atom. The Labute approximate surface area is 116 Å². The van der Waals surface area contributed by atoms with E-state index in [1.807, 2.05) is 0 Å². The summed E-state index contributed by atoms with van der Waals surface area (Å²) in [5.41, 5.74) is 5.99. The third kappa shape index (κ3) is 2.95. The second-order valence-electron chi connectivity index (χ2n) is 6.63. The maximum absolute atomic E-state index is 12.4. The zero-order chi connectivity index (χ0) is 13.2. The second-order valence-corrected chi connectivity index (χ2v) is 6.63. The maximum atomic E-state index is 12.4. The van der Waals surface area contributed by atoms with Crippen LogP contribution in [-0.4, -0.2) is 42.0 Å². The van der Waals surface area contributed by atoms with E-state index in [-0.39, 0.29) is 17.9 Å². The Kier molecular flexibility index (Phi) is 4.08. The lowest BCUT2D eigenvalue weighted by Gasteiger charge is -2.33. The van der Waals surface area contributed by atoms with Crippen molar-refractivity contribution in [3.05, 3.63) is 0 Å². The molecule has 4 unspecified atom stereocenters. The maximum Gasteiger partial charge on any atom is 0.223 e. The van der Waals surface area contributed by atoms with Crippen LogP contribution < -0.4 is 11.1 Å². The first-order chi connectivity index (χ1) is 9.24. The minimum atomic E-state index is 0.168. The molecule has 0 spiro atoms. The molecule has 3 fully saturated rings. The van der Waals surface area contributed by atoms with Gasteiger partial charge in [-0.1, -0.05) is 12.8 Å². The molecule has 3 N–H and O–H groups in total. The van der Waals surface area contributed by atoms with E-state index in [9.17, 15) is 4.79 Å². The molecule has 108 valence electrons. The Morgan fingerprint density at radius 3 is 2.79 bits per heavy atom. The van der Waals surface area contributed by atoms with Gasteiger partial charge < -0.3 is 11.1 Å². The molecule has 3 rings (SSSR count). The monoisotopic (exact) mass is 265 g/mol. The summed E-state index contributed by atoms with van der Waals surface area (Å²) >= 11 is 0. The number of nitrogens with one attached hydrogen (secondary N) is 1. The van der Waals surface area contributed by atoms with Crippen LogP contribution in [0.2, 0.25) is 0 Å². The van der Waals surface area contributed by atoms with Crippen LogP contribution in [0.25, 0.3) is 0 Å². The largest absolute Gasteiger partial charge is 0.352 e. The molecule has 19 heavy (non-hydrogen) atoms. The van der Waals surface area contributed by atoms with E-state index in [4.69, 9.17) is 5.73 Å². The van der Waals surface area contributed by atoms with Crippen molar-refractivity contribution in [2.45, 2.75) is 69.5 Å². The number of fused-ring (bicyclic) bond motifs is 1. The predicted molar refractivity (Wildman–Crippen MR) is 75.7 cm³/mol. The van der Waals surface area contributed by atoms with Crippen molar-refractivity contribution in [2.24, 2.45) is 11.7 Å². The number of hydrogen-bond donors (Lipinski definition) is 2. The van der Waals surface area contributed by atoms with Crippen LogP contribution in [-0.2, 0) is 4.79 Å². The molecule has 3 aliphatic rings. The summed E-state index contributed by atoms with van der Waals surface area (Å²) in [7, 11) is 0. The Morgan fingerprint density at radius 2 is 1.95 bits per heavy atom. The summed E-state index contributed by atoms with van der Waals surface area (Å²) in [4.78, 5) is 15.0. The molecule has 4 atom stereocenters. The molecule has 1 saturated carbocycles. The smallest absolute Gasteiger partial charge is 0.223 e. The van der Waals surface area contributed by atoms with Gasteiger partial charge in [-0.2, -0.15) is 0 Å². The highest BCUT2D eigenvalue weighted by Gasteiger charge is 2.37. The van der Waals surface area contributed by atoms with Crippen LogP contribution in [0.5, 0.6) is 0 Å². The fraction of sp³-hybridized carbons (Fsp3) is 0.933. The van der Waals surface area contributed by atoms with Gasteiger partial charge in [0.25, 0.3) is 0 Å². The van der Waals surface area contributed by atoms with Gasteiger partial charge in [0.05, 0.1) is 0 Å². The lowest BCUT2D eigenvalue weighted by molar-refractivity contribution is -0.127. The van der Waals surface area contributed by atoms with Crippen molar-refractivity contribution < 1.29 is 4.79 Å². The van der Waals surface area contributed by atoms with E-state index >= 15 is 0 Å². The van der Waals surface area contributed by atoms with Gasteiger partial charge in [-0.3, -0.25) is 9.69 Å². The van der Waals surface area contributed by atoms with Crippen molar-refractivity contribution in [1.29, 1.82) is 0 Å². The third-order valence-electron chi connectivity index (χ3n) is 5.27. The number of carbonyl (C=O) groups excluding carboxylic acids is 1. The van der Waals surface area contributed by atoms with Gasteiger partial charge in [0.2, 0.25) is 5.91 Å². The number of hydrogen-bond acceptors (Lipinski definition) is 3. The van der Waals surface area contributed by atoms with E-state index in [1.54, 1.807) is 0 Å². The molecular weight excluding hydrogens is 238 g/mol. The highest BCUT2D eigenvalue weighted by Crippen LogP contribution is 2.28. The lowest BCUT2D eigenvalue weighted by atomic mass is 9.85. The van der Waals surface area contributed by atoms with Gasteiger partial charge in [0.1, 0.15) is 0 Å². The summed E-state index contributed by atoms with van der Waals surface area (Å²) in [5.74, 6) is 0.439. The molecule has 4 heteroatoms. The van der Waals surface area contributed by atoms with Gasteiger partial charge in [-0.05, 0) is 45.1 Å². The van der Waals surface area contributed by atoms with Crippen molar-refractivity contribution in [3.63, 3.8) is 0 Å². The van der Waals surface area contributed by atoms with Crippen molar-refractivity contribution in [1.82, 2.24) is 10.2 Å². The molecule has 2 heterocycles. The first kappa shape index (κ1) is 13.4. The molecule has 0 bridgehead atoms. The Hall–Kier alpha value is -0.610. The number of nitrogens with zero attached hydrogens (tertiary/aromatic N) is 1. The zero-order valence-electron chi connectivity index (χ0n) is 11.8. The van der Waals surface area contributed by atoms with E-state index in [0.29, 0.717) is 12.1 Å². The van der Waals surface area contributed by atoms with Crippen LogP contribution in [0.4, 0.5) is 0 Å². The van der Waals surface area contributed by atoms with E-state index in [1.165, 1.54) is 32.4 Å². The molecule has 0 radical (unpaired) electrons. The molecule has 2 aliphatic heterocycles. The van der Waals surface area contributed by atoms with Crippen LogP contribution in [0.3, 0.4) is 0 Å². The van der Waals surface area contributed by atoms with Crippen molar-refractivity contribution in [2.75, 3.05) is 13.1 Å². The summed E-state index contributed by atoms with van der Waals surface area (Å²) in [6.07, 6.45) is 9.15. The summed E-state index contributed by atoms with van der Waals surface area (Å²) in [6, 6.07) is 1.24. The highest BCUT2D eigenvalue weighted by molar-refractivity contribution is 5.79. The van der Waals surface area contributed by atoms with E-state index < -0.39 is 0 Å². The topological polar surface area (TPSA) is 58.4 Å². The summed E-state index contributed by atoms with van der Waals surface area (Å²) in [6.45, 7) is 2.39. The Balaban J connectivity index is 1.54. The van der Waals surface area contributed by atoms with Gasteiger partial charge >= 0.3 is 0 Å². The molecular formula is C15H27N3O. The fourth-order valence-corrected chi connectivity index (χ4v) is 4.18. The SMILES string of the molecule is NC1CCCC(C(=O)NC2CCN3CCCCC23)C1. The van der Waals surface area contributed by atoms with E-state index in [0.717, 1.165) is 32.1 Å². The van der Waals surface area contributed by atoms with Gasteiger partial charge in [-0.15, -0.1) is 0 Å². The minimum absolute atomic E-state index is 0.168. The average molecular weight is 265 g/mol. The second kappa shape index (κ2) is 5.80. The Bertz CT molecular complexity index is 333. The fourth-order valence-electron chi connectivity index (χ4n) is 4.18. The van der Waals surface area contributed by atoms with Gasteiger partial charge in [0, 0.05) is 30.6 Å². The number of carbonyl (C=O) groups is 1. The van der Waals surface area contributed by atoms with Crippen molar-refractivity contribution in [3.8, 4) is 0 Å². The molecule has 0 aromatic carbocycles. The van der Waals surface area contributed by atoms with Crippen LogP contribution in [0, 0.1) is 5.92 Å². The molecule has 0 aromatic heterocycles. The molecule has 0 aromatic rings. The average Bonchev–Trinajstić information content (AvgIpc) is 2.82. The number of piperidine rings is 1. The highest BCUT2D eigenvalue weighted by atomic mass is 16.2. The minimum Gasteiger partial charge on any atom is -0.352 e. The quantitative estimate of drug-likeness (QED) is 0.790. The van der Waals surface area contributed by atoms with Gasteiger partial charge in [0.15, 0.2) is 0 Å². The van der Waals surface area contributed by atoms with Gasteiger partial charge in [-0.25, -0.2) is 0 Å². The number of rotatable bonds is 2.